The number of ether oxygens (including phenoxy) is 2. The predicted octanol–water partition coefficient (Wildman–Crippen LogP) is 6.06. The standard InChI is InChI=1S/C29H34N2O3/c1-20(18-29(12-15-34-16-13-29)25-6-8-26(33-4)9-7-25)22(3)28(32)24-5-10-27(31-19-24)23-11-14-30-21(2)17-23/h5-11,14,19-20,22H,2,12-13,15-18H2,1,3-4H3/t20-,22-/m0/s1. The van der Waals surface area contributed by atoms with Crippen LogP contribution in [0.15, 0.2) is 65.9 Å². The molecular weight excluding hydrogens is 424 g/mol. The van der Waals surface area contributed by atoms with Crippen LogP contribution in [0.1, 0.15) is 61.1 Å². The van der Waals surface area contributed by atoms with Gasteiger partial charge < -0.3 is 9.47 Å². The molecule has 1 aromatic heterocycles. The van der Waals surface area contributed by atoms with E-state index < -0.39 is 0 Å². The van der Waals surface area contributed by atoms with Crippen LogP contribution in [-0.4, -0.2) is 37.3 Å². The van der Waals surface area contributed by atoms with Crippen LogP contribution in [0.4, 0.5) is 0 Å². The first-order valence-corrected chi connectivity index (χ1v) is 12.1. The van der Waals surface area contributed by atoms with Crippen LogP contribution in [0.25, 0.3) is 5.57 Å². The van der Waals surface area contributed by atoms with Crippen molar-refractivity contribution in [2.45, 2.75) is 44.9 Å². The fourth-order valence-electron chi connectivity index (χ4n) is 5.09. The average molecular weight is 459 g/mol. The molecule has 2 atom stereocenters. The first-order valence-electron chi connectivity index (χ1n) is 12.1. The summed E-state index contributed by atoms with van der Waals surface area (Å²) in [6.07, 6.45) is 8.96. The van der Waals surface area contributed by atoms with Crippen molar-refractivity contribution in [1.82, 2.24) is 4.98 Å². The van der Waals surface area contributed by atoms with Gasteiger partial charge in [0, 0.05) is 49.2 Å². The highest BCUT2D eigenvalue weighted by atomic mass is 16.5. The van der Waals surface area contributed by atoms with Crippen LogP contribution in [0.5, 0.6) is 5.75 Å². The maximum Gasteiger partial charge on any atom is 0.167 e. The number of allylic oxidation sites excluding steroid dienone is 2. The number of carbonyl (C=O) groups excluding carboxylic acids is 1. The fourth-order valence-corrected chi connectivity index (χ4v) is 5.09. The molecule has 34 heavy (non-hydrogen) atoms. The summed E-state index contributed by atoms with van der Waals surface area (Å²) < 4.78 is 11.1. The predicted molar refractivity (Wildman–Crippen MR) is 136 cm³/mol. The number of carbonyl (C=O) groups is 1. The zero-order valence-electron chi connectivity index (χ0n) is 20.4. The molecule has 4 rings (SSSR count). The maximum atomic E-state index is 13.4. The second kappa shape index (κ2) is 10.5. The Labute approximate surface area is 202 Å². The van der Waals surface area contributed by atoms with Gasteiger partial charge in [-0.15, -0.1) is 0 Å². The zero-order chi connectivity index (χ0) is 24.1. The molecule has 0 unspecified atom stereocenters. The number of aromatic nitrogens is 1. The molecule has 178 valence electrons. The van der Waals surface area contributed by atoms with Gasteiger partial charge in [0.05, 0.1) is 12.8 Å². The Morgan fingerprint density at radius 3 is 2.50 bits per heavy atom. The number of hydrogen-bond acceptors (Lipinski definition) is 5. The number of ketones is 1. The third-order valence-corrected chi connectivity index (χ3v) is 7.44. The normalized spacial score (nSPS) is 19.3. The number of dihydropyridines is 1. The van der Waals surface area contributed by atoms with E-state index in [1.807, 2.05) is 37.3 Å². The van der Waals surface area contributed by atoms with Gasteiger partial charge in [-0.05, 0) is 72.1 Å². The smallest absolute Gasteiger partial charge is 0.167 e. The molecule has 1 saturated heterocycles. The Hall–Kier alpha value is -3.05. The summed E-state index contributed by atoms with van der Waals surface area (Å²) in [6, 6.07) is 12.2. The lowest BCUT2D eigenvalue weighted by Crippen LogP contribution is -2.37. The number of benzene rings is 1. The Bertz CT molecular complexity index is 1080. The monoisotopic (exact) mass is 458 g/mol. The van der Waals surface area contributed by atoms with E-state index in [1.165, 1.54) is 5.56 Å². The highest BCUT2D eigenvalue weighted by molar-refractivity contribution is 5.97. The summed E-state index contributed by atoms with van der Waals surface area (Å²) in [4.78, 5) is 22.1. The number of methoxy groups -OCH3 is 1. The number of Topliss-reactive ketones (excluding diaryl/α,β-unsaturated/α-hetero) is 1. The summed E-state index contributed by atoms with van der Waals surface area (Å²) in [7, 11) is 1.69. The summed E-state index contributed by atoms with van der Waals surface area (Å²) in [5.41, 5.74) is 4.74. The van der Waals surface area contributed by atoms with E-state index in [1.54, 1.807) is 19.5 Å². The molecule has 5 nitrogen and oxygen atoms in total. The molecule has 0 spiro atoms. The molecule has 1 aromatic carbocycles. The van der Waals surface area contributed by atoms with Gasteiger partial charge in [0.1, 0.15) is 5.75 Å². The van der Waals surface area contributed by atoms with Gasteiger partial charge in [-0.2, -0.15) is 0 Å². The number of rotatable bonds is 8. The van der Waals surface area contributed by atoms with E-state index in [0.717, 1.165) is 55.2 Å². The summed E-state index contributed by atoms with van der Waals surface area (Å²) in [5, 5.41) is 0. The fraction of sp³-hybridized carbons (Fsp3) is 0.414. The van der Waals surface area contributed by atoms with Gasteiger partial charge in [0.25, 0.3) is 0 Å². The minimum absolute atomic E-state index is 0.0119. The van der Waals surface area contributed by atoms with E-state index in [9.17, 15) is 4.79 Å². The third kappa shape index (κ3) is 5.20. The first kappa shape index (κ1) is 24.1. The van der Waals surface area contributed by atoms with Crippen molar-refractivity contribution in [1.29, 1.82) is 0 Å². The first-order chi connectivity index (χ1) is 16.4. The maximum absolute atomic E-state index is 13.4. The second-order valence-corrected chi connectivity index (χ2v) is 9.60. The van der Waals surface area contributed by atoms with Crippen LogP contribution < -0.4 is 4.74 Å². The van der Waals surface area contributed by atoms with Gasteiger partial charge in [-0.25, -0.2) is 0 Å². The quantitative estimate of drug-likeness (QED) is 0.452. The summed E-state index contributed by atoms with van der Waals surface area (Å²) >= 11 is 0. The van der Waals surface area contributed by atoms with Crippen LogP contribution in [0.2, 0.25) is 0 Å². The molecule has 0 aliphatic carbocycles. The van der Waals surface area contributed by atoms with E-state index in [2.05, 4.69) is 35.6 Å². The Morgan fingerprint density at radius 1 is 1.15 bits per heavy atom. The van der Waals surface area contributed by atoms with Gasteiger partial charge in [-0.1, -0.05) is 32.6 Å². The van der Waals surface area contributed by atoms with Gasteiger partial charge in [0.2, 0.25) is 0 Å². The van der Waals surface area contributed by atoms with E-state index in [4.69, 9.17) is 9.47 Å². The molecule has 0 amide bonds. The minimum atomic E-state index is -0.105. The number of nitrogens with zero attached hydrogens (tertiary/aromatic N) is 2. The lowest BCUT2D eigenvalue weighted by molar-refractivity contribution is 0.0375. The number of aliphatic imine (C=N–C) groups is 1. The second-order valence-electron chi connectivity index (χ2n) is 9.60. The minimum Gasteiger partial charge on any atom is -0.497 e. The van der Waals surface area contributed by atoms with Gasteiger partial charge >= 0.3 is 0 Å². The van der Waals surface area contributed by atoms with Crippen molar-refractivity contribution in [2.75, 3.05) is 20.3 Å². The summed E-state index contributed by atoms with van der Waals surface area (Å²) in [5.74, 6) is 1.12. The third-order valence-electron chi connectivity index (χ3n) is 7.44. The van der Waals surface area contributed by atoms with E-state index >= 15 is 0 Å². The molecular formula is C29H34N2O3. The van der Waals surface area contributed by atoms with Crippen LogP contribution in [0, 0.1) is 11.8 Å². The highest BCUT2D eigenvalue weighted by Crippen LogP contribution is 2.42. The van der Waals surface area contributed by atoms with Crippen molar-refractivity contribution >= 4 is 17.6 Å². The Balaban J connectivity index is 1.48. The number of pyridine rings is 1. The Kier molecular flexibility index (Phi) is 7.42. The highest BCUT2D eigenvalue weighted by Gasteiger charge is 2.38. The van der Waals surface area contributed by atoms with Crippen LogP contribution in [-0.2, 0) is 10.2 Å². The number of hydrogen-bond donors (Lipinski definition) is 0. The molecule has 1 fully saturated rings. The Morgan fingerprint density at radius 2 is 1.88 bits per heavy atom. The van der Waals surface area contributed by atoms with Gasteiger partial charge in [0.15, 0.2) is 5.78 Å². The largest absolute Gasteiger partial charge is 0.497 e. The van der Waals surface area contributed by atoms with Crippen molar-refractivity contribution < 1.29 is 14.3 Å². The lowest BCUT2D eigenvalue weighted by atomic mass is 9.66. The molecule has 3 heterocycles. The zero-order valence-corrected chi connectivity index (χ0v) is 20.4. The molecule has 2 aliphatic heterocycles. The molecule has 2 aromatic rings. The molecule has 2 aliphatic rings. The molecule has 0 radical (unpaired) electrons. The summed E-state index contributed by atoms with van der Waals surface area (Å²) in [6.45, 7) is 9.67. The topological polar surface area (TPSA) is 60.8 Å². The van der Waals surface area contributed by atoms with E-state index in [0.29, 0.717) is 12.0 Å². The SMILES string of the molecule is C=C1CC(c2ccc(C(=O)[C@@H](C)[C@@H](C)CC3(c4ccc(OC)cc4)CCOCC3)cn2)=CC=N1. The van der Waals surface area contributed by atoms with Crippen LogP contribution >= 0.6 is 0 Å². The molecule has 0 saturated carbocycles. The van der Waals surface area contributed by atoms with Crippen molar-refractivity contribution in [2.24, 2.45) is 16.8 Å². The van der Waals surface area contributed by atoms with Crippen molar-refractivity contribution in [3.63, 3.8) is 0 Å². The molecule has 5 heteroatoms. The molecule has 0 N–H and O–H groups in total. The van der Waals surface area contributed by atoms with Crippen molar-refractivity contribution in [3.8, 4) is 5.75 Å². The van der Waals surface area contributed by atoms with Crippen LogP contribution in [0.3, 0.4) is 0 Å². The van der Waals surface area contributed by atoms with Crippen molar-refractivity contribution in [3.05, 3.63) is 77.8 Å². The average Bonchev–Trinajstić information content (AvgIpc) is 2.88. The lowest BCUT2D eigenvalue weighted by Gasteiger charge is -2.40. The molecule has 0 bridgehead atoms. The van der Waals surface area contributed by atoms with E-state index in [-0.39, 0.29) is 23.0 Å². The van der Waals surface area contributed by atoms with Gasteiger partial charge in [-0.3, -0.25) is 14.8 Å².